The number of aryl methyl sites for hydroxylation is 2. The Balaban J connectivity index is 1.98. The highest BCUT2D eigenvalue weighted by Gasteiger charge is 2.15. The first-order chi connectivity index (χ1) is 9.72. The summed E-state index contributed by atoms with van der Waals surface area (Å²) in [6, 6.07) is 7.61. The van der Waals surface area contributed by atoms with Crippen molar-refractivity contribution in [3.05, 3.63) is 34.9 Å². The zero-order valence-corrected chi connectivity index (χ0v) is 13.2. The molecule has 2 unspecified atom stereocenters. The lowest BCUT2D eigenvalue weighted by atomic mass is 9.98. The maximum Gasteiger partial charge on any atom is 0.0558 e. The molecule has 0 heterocycles. The van der Waals surface area contributed by atoms with E-state index in [4.69, 9.17) is 4.74 Å². The fraction of sp³-hybridized carbons (Fsp3) is 0.667. The Bertz CT molecular complexity index is 416. The molecule has 2 nitrogen and oxygen atoms in total. The summed E-state index contributed by atoms with van der Waals surface area (Å²) in [7, 11) is 1.80. The lowest BCUT2D eigenvalue weighted by Crippen LogP contribution is -2.35. The summed E-state index contributed by atoms with van der Waals surface area (Å²) in [5.41, 5.74) is 4.62. The molecule has 2 rings (SSSR count). The molecule has 0 aromatic heterocycles. The van der Waals surface area contributed by atoms with Crippen LogP contribution in [0.2, 0.25) is 0 Å². The van der Waals surface area contributed by atoms with E-state index >= 15 is 0 Å². The molecular formula is C18H29NO. The van der Waals surface area contributed by atoms with Crippen LogP contribution in [0.1, 0.15) is 49.8 Å². The Labute approximate surface area is 123 Å². The monoisotopic (exact) mass is 275 g/mol. The summed E-state index contributed by atoms with van der Waals surface area (Å²) in [6.45, 7) is 5.47. The van der Waals surface area contributed by atoms with Crippen molar-refractivity contribution in [2.24, 2.45) is 0 Å². The molecule has 0 aliphatic heterocycles. The van der Waals surface area contributed by atoms with Gasteiger partial charge >= 0.3 is 0 Å². The summed E-state index contributed by atoms with van der Waals surface area (Å²) >= 11 is 0. The molecule has 20 heavy (non-hydrogen) atoms. The van der Waals surface area contributed by atoms with Gasteiger partial charge in [-0.1, -0.05) is 25.1 Å². The Morgan fingerprint density at radius 3 is 2.80 bits per heavy atom. The number of rotatable bonds is 8. The second-order valence-electron chi connectivity index (χ2n) is 6.09. The van der Waals surface area contributed by atoms with E-state index < -0.39 is 0 Å². The second-order valence-corrected chi connectivity index (χ2v) is 6.09. The number of fused-ring (bicyclic) bond motifs is 1. The fourth-order valence-electron chi connectivity index (χ4n) is 3.12. The maximum absolute atomic E-state index is 5.43. The molecule has 0 saturated heterocycles. The van der Waals surface area contributed by atoms with Crippen LogP contribution in [0, 0.1) is 0 Å². The number of nitrogens with one attached hydrogen (secondary N) is 1. The average Bonchev–Trinajstić information content (AvgIpc) is 2.92. The Kier molecular flexibility index (Phi) is 6.06. The van der Waals surface area contributed by atoms with Crippen molar-refractivity contribution in [2.75, 3.05) is 13.7 Å². The highest BCUT2D eigenvalue weighted by molar-refractivity contribution is 5.35. The molecule has 1 aromatic rings. The molecule has 0 radical (unpaired) electrons. The highest BCUT2D eigenvalue weighted by Crippen LogP contribution is 2.23. The van der Waals surface area contributed by atoms with Crippen LogP contribution in [-0.2, 0) is 24.0 Å². The van der Waals surface area contributed by atoms with Gasteiger partial charge in [0.15, 0.2) is 0 Å². The van der Waals surface area contributed by atoms with Gasteiger partial charge < -0.3 is 10.1 Å². The normalized spacial score (nSPS) is 16.9. The summed E-state index contributed by atoms with van der Waals surface area (Å²) in [5, 5.41) is 3.67. The lowest BCUT2D eigenvalue weighted by molar-refractivity contribution is 0.100. The van der Waals surface area contributed by atoms with Gasteiger partial charge in [0.25, 0.3) is 0 Å². The molecule has 1 aliphatic carbocycles. The van der Waals surface area contributed by atoms with Crippen molar-refractivity contribution in [3.8, 4) is 0 Å². The van der Waals surface area contributed by atoms with Gasteiger partial charge in [0.1, 0.15) is 0 Å². The van der Waals surface area contributed by atoms with Gasteiger partial charge in [0.2, 0.25) is 0 Å². The summed E-state index contributed by atoms with van der Waals surface area (Å²) < 4.78 is 5.43. The zero-order valence-electron chi connectivity index (χ0n) is 13.2. The maximum atomic E-state index is 5.43. The van der Waals surface area contributed by atoms with Crippen LogP contribution in [0.15, 0.2) is 18.2 Å². The third-order valence-corrected chi connectivity index (χ3v) is 4.35. The van der Waals surface area contributed by atoms with Crippen LogP contribution >= 0.6 is 0 Å². The standard InChI is InChI=1S/C18H29NO/c1-4-10-19-18(11-14(2)20-3)13-15-8-9-16-6-5-7-17(16)12-15/h8-9,12,14,18-19H,4-7,10-11,13H2,1-3H3. The minimum atomic E-state index is 0.318. The first kappa shape index (κ1) is 15.5. The molecule has 1 aliphatic rings. The molecule has 0 saturated carbocycles. The smallest absolute Gasteiger partial charge is 0.0558 e. The predicted octanol–water partition coefficient (Wildman–Crippen LogP) is 3.51. The Morgan fingerprint density at radius 2 is 2.05 bits per heavy atom. The van der Waals surface area contributed by atoms with E-state index in [2.05, 4.69) is 37.4 Å². The van der Waals surface area contributed by atoms with Crippen molar-refractivity contribution >= 4 is 0 Å². The van der Waals surface area contributed by atoms with Crippen LogP contribution in [0.5, 0.6) is 0 Å². The van der Waals surface area contributed by atoms with Gasteiger partial charge in [0, 0.05) is 13.2 Å². The number of hydrogen-bond donors (Lipinski definition) is 1. The van der Waals surface area contributed by atoms with E-state index in [1.165, 1.54) is 31.2 Å². The molecule has 0 spiro atoms. The second kappa shape index (κ2) is 7.80. The highest BCUT2D eigenvalue weighted by atomic mass is 16.5. The largest absolute Gasteiger partial charge is 0.382 e. The Morgan fingerprint density at radius 1 is 1.25 bits per heavy atom. The van der Waals surface area contributed by atoms with E-state index in [-0.39, 0.29) is 0 Å². The first-order valence-corrected chi connectivity index (χ1v) is 8.09. The van der Waals surface area contributed by atoms with E-state index in [1.54, 1.807) is 18.2 Å². The van der Waals surface area contributed by atoms with Crippen molar-refractivity contribution in [1.82, 2.24) is 5.32 Å². The van der Waals surface area contributed by atoms with E-state index in [0.29, 0.717) is 12.1 Å². The topological polar surface area (TPSA) is 21.3 Å². The molecule has 112 valence electrons. The van der Waals surface area contributed by atoms with Gasteiger partial charge in [-0.05, 0) is 68.7 Å². The third-order valence-electron chi connectivity index (χ3n) is 4.35. The van der Waals surface area contributed by atoms with Gasteiger partial charge in [-0.25, -0.2) is 0 Å². The Hall–Kier alpha value is -0.860. The SMILES string of the molecule is CCCNC(Cc1ccc2c(c1)CCC2)CC(C)OC. The minimum Gasteiger partial charge on any atom is -0.382 e. The van der Waals surface area contributed by atoms with Gasteiger partial charge in [-0.15, -0.1) is 0 Å². The van der Waals surface area contributed by atoms with Crippen LogP contribution in [0.4, 0.5) is 0 Å². The van der Waals surface area contributed by atoms with Gasteiger partial charge in [0.05, 0.1) is 6.10 Å². The molecule has 2 heteroatoms. The molecule has 0 fully saturated rings. The van der Waals surface area contributed by atoms with Crippen LogP contribution < -0.4 is 5.32 Å². The number of methoxy groups -OCH3 is 1. The minimum absolute atomic E-state index is 0.318. The van der Waals surface area contributed by atoms with Crippen molar-refractivity contribution < 1.29 is 4.74 Å². The van der Waals surface area contributed by atoms with Crippen LogP contribution in [0.25, 0.3) is 0 Å². The number of benzene rings is 1. The molecule has 2 atom stereocenters. The van der Waals surface area contributed by atoms with Gasteiger partial charge in [-0.2, -0.15) is 0 Å². The lowest BCUT2D eigenvalue weighted by Gasteiger charge is -2.22. The summed E-state index contributed by atoms with van der Waals surface area (Å²) in [4.78, 5) is 0. The van der Waals surface area contributed by atoms with Crippen LogP contribution in [-0.4, -0.2) is 25.8 Å². The van der Waals surface area contributed by atoms with E-state index in [0.717, 1.165) is 19.4 Å². The predicted molar refractivity (Wildman–Crippen MR) is 85.3 cm³/mol. The molecule has 1 aromatic carbocycles. The van der Waals surface area contributed by atoms with Crippen molar-refractivity contribution in [2.45, 2.75) is 64.5 Å². The molecule has 0 amide bonds. The average molecular weight is 275 g/mol. The zero-order chi connectivity index (χ0) is 14.4. The molecule has 0 bridgehead atoms. The molecule has 1 N–H and O–H groups in total. The fourth-order valence-corrected chi connectivity index (χ4v) is 3.12. The van der Waals surface area contributed by atoms with E-state index in [1.807, 2.05) is 0 Å². The van der Waals surface area contributed by atoms with Crippen LogP contribution in [0.3, 0.4) is 0 Å². The van der Waals surface area contributed by atoms with E-state index in [9.17, 15) is 0 Å². The molecular weight excluding hydrogens is 246 g/mol. The number of hydrogen-bond acceptors (Lipinski definition) is 2. The third kappa shape index (κ3) is 4.32. The number of ether oxygens (including phenoxy) is 1. The summed E-state index contributed by atoms with van der Waals surface area (Å²) in [6.07, 6.45) is 7.56. The van der Waals surface area contributed by atoms with Crippen molar-refractivity contribution in [1.29, 1.82) is 0 Å². The quantitative estimate of drug-likeness (QED) is 0.784. The van der Waals surface area contributed by atoms with Gasteiger partial charge in [-0.3, -0.25) is 0 Å². The summed E-state index contributed by atoms with van der Waals surface area (Å²) in [5.74, 6) is 0. The first-order valence-electron chi connectivity index (χ1n) is 8.09. The van der Waals surface area contributed by atoms with Crippen molar-refractivity contribution in [3.63, 3.8) is 0 Å².